The van der Waals surface area contributed by atoms with Crippen LogP contribution in [0.3, 0.4) is 0 Å². The van der Waals surface area contributed by atoms with Gasteiger partial charge in [0.25, 0.3) is 0 Å². The first-order valence-corrected chi connectivity index (χ1v) is 9.51. The van der Waals surface area contributed by atoms with Crippen LogP contribution in [0.15, 0.2) is 42.9 Å². The van der Waals surface area contributed by atoms with Crippen LogP contribution in [-0.2, 0) is 5.41 Å². The molecule has 0 aromatic carbocycles. The molecule has 3 saturated carbocycles. The number of rotatable bonds is 6. The van der Waals surface area contributed by atoms with E-state index in [1.807, 2.05) is 35.8 Å². The van der Waals surface area contributed by atoms with Crippen LogP contribution in [0.5, 0.6) is 5.75 Å². The average Bonchev–Trinajstić information content (AvgIpc) is 3.10. The molecule has 0 unspecified atom stereocenters. The van der Waals surface area contributed by atoms with Crippen LogP contribution in [0.25, 0.3) is 17.2 Å². The number of carboxylic acid groups (broad SMARTS) is 1. The number of carbonyl (C=O) groups is 1. The van der Waals surface area contributed by atoms with Crippen molar-refractivity contribution in [2.24, 2.45) is 0 Å². The van der Waals surface area contributed by atoms with E-state index < -0.39 is 6.09 Å². The monoisotopic (exact) mass is 392 g/mol. The Kier molecular flexibility index (Phi) is 3.80. The van der Waals surface area contributed by atoms with Gasteiger partial charge < -0.3 is 15.2 Å². The topological polar surface area (TPSA) is 115 Å². The van der Waals surface area contributed by atoms with Crippen molar-refractivity contribution < 1.29 is 14.6 Å². The molecule has 0 atom stereocenters. The van der Waals surface area contributed by atoms with Crippen molar-refractivity contribution in [2.75, 3.05) is 6.61 Å². The van der Waals surface area contributed by atoms with E-state index in [1.54, 1.807) is 18.6 Å². The van der Waals surface area contributed by atoms with Crippen LogP contribution >= 0.6 is 0 Å². The maximum absolute atomic E-state index is 11.1. The van der Waals surface area contributed by atoms with E-state index in [9.17, 15) is 4.79 Å². The Morgan fingerprint density at radius 2 is 2.07 bits per heavy atom. The largest absolute Gasteiger partial charge is 0.492 e. The number of amides is 1. The van der Waals surface area contributed by atoms with Crippen molar-refractivity contribution in [1.82, 2.24) is 30.0 Å². The third kappa shape index (κ3) is 2.72. The summed E-state index contributed by atoms with van der Waals surface area (Å²) in [7, 11) is 0. The van der Waals surface area contributed by atoms with E-state index in [1.165, 1.54) is 0 Å². The Morgan fingerprint density at radius 1 is 1.24 bits per heavy atom. The van der Waals surface area contributed by atoms with Gasteiger partial charge in [-0.1, -0.05) is 0 Å². The molecule has 3 heterocycles. The lowest BCUT2D eigenvalue weighted by atomic mass is 9.39. The molecule has 0 saturated heterocycles. The van der Waals surface area contributed by atoms with Crippen molar-refractivity contribution in [2.45, 2.75) is 37.1 Å². The summed E-state index contributed by atoms with van der Waals surface area (Å²) >= 11 is 0. The number of nitrogens with zero attached hydrogens (tertiary/aromatic N) is 5. The smallest absolute Gasteiger partial charge is 0.405 e. The SMILES string of the molecule is CCOc1ccc(-c2nnc(C34CC(NC(=O)O)(C3)C4)n2-c2cccnc2)nc1. The molecule has 6 rings (SSSR count). The number of aromatic nitrogens is 5. The maximum Gasteiger partial charge on any atom is 0.405 e. The van der Waals surface area contributed by atoms with Crippen LogP contribution in [0, 0.1) is 0 Å². The van der Waals surface area contributed by atoms with E-state index in [0.29, 0.717) is 23.9 Å². The summed E-state index contributed by atoms with van der Waals surface area (Å²) < 4.78 is 7.46. The van der Waals surface area contributed by atoms with Gasteiger partial charge in [0.2, 0.25) is 0 Å². The van der Waals surface area contributed by atoms with Gasteiger partial charge in [-0.15, -0.1) is 10.2 Å². The second-order valence-electron chi connectivity index (χ2n) is 7.73. The Morgan fingerprint density at radius 3 is 2.69 bits per heavy atom. The summed E-state index contributed by atoms with van der Waals surface area (Å²) in [6.07, 6.45) is 6.35. The van der Waals surface area contributed by atoms with E-state index in [2.05, 4.69) is 25.5 Å². The van der Waals surface area contributed by atoms with Gasteiger partial charge in [0.05, 0.1) is 24.7 Å². The zero-order valence-electron chi connectivity index (χ0n) is 15.9. The predicted molar refractivity (Wildman–Crippen MR) is 103 cm³/mol. The Hall–Kier alpha value is -3.49. The van der Waals surface area contributed by atoms with Gasteiger partial charge in [-0.2, -0.15) is 0 Å². The van der Waals surface area contributed by atoms with Crippen molar-refractivity contribution in [3.63, 3.8) is 0 Å². The van der Waals surface area contributed by atoms with Crippen LogP contribution in [0.4, 0.5) is 4.79 Å². The van der Waals surface area contributed by atoms with E-state index in [0.717, 1.165) is 30.8 Å². The molecule has 2 bridgehead atoms. The van der Waals surface area contributed by atoms with E-state index in [4.69, 9.17) is 9.84 Å². The Bertz CT molecular complexity index is 1040. The molecule has 3 aliphatic rings. The van der Waals surface area contributed by atoms with Crippen LogP contribution in [0.2, 0.25) is 0 Å². The summed E-state index contributed by atoms with van der Waals surface area (Å²) in [5.74, 6) is 2.15. The summed E-state index contributed by atoms with van der Waals surface area (Å²) in [4.78, 5) is 19.8. The molecule has 3 aliphatic carbocycles. The highest BCUT2D eigenvalue weighted by molar-refractivity contribution is 5.67. The maximum atomic E-state index is 11.1. The molecule has 3 aromatic rings. The number of pyridine rings is 2. The normalized spacial score (nSPS) is 24.3. The third-order valence-corrected chi connectivity index (χ3v) is 5.72. The van der Waals surface area contributed by atoms with Gasteiger partial charge in [-0.05, 0) is 50.5 Å². The number of ether oxygens (including phenoxy) is 1. The molecular formula is C20H20N6O3. The minimum absolute atomic E-state index is 0.172. The fraction of sp³-hybridized carbons (Fsp3) is 0.350. The highest BCUT2D eigenvalue weighted by atomic mass is 16.5. The quantitative estimate of drug-likeness (QED) is 0.662. The zero-order valence-corrected chi connectivity index (χ0v) is 15.9. The summed E-state index contributed by atoms with van der Waals surface area (Å²) in [5.41, 5.74) is 1.04. The van der Waals surface area contributed by atoms with Crippen LogP contribution in [-0.4, -0.2) is 48.1 Å². The van der Waals surface area contributed by atoms with Gasteiger partial charge in [-0.3, -0.25) is 9.55 Å². The Balaban J connectivity index is 1.53. The molecule has 148 valence electrons. The summed E-state index contributed by atoms with van der Waals surface area (Å²) in [5, 5.41) is 20.7. The van der Waals surface area contributed by atoms with Crippen LogP contribution < -0.4 is 10.1 Å². The number of hydrogen-bond donors (Lipinski definition) is 2. The third-order valence-electron chi connectivity index (χ3n) is 5.72. The van der Waals surface area contributed by atoms with Gasteiger partial charge in [0, 0.05) is 17.2 Å². The second-order valence-corrected chi connectivity index (χ2v) is 7.73. The van der Waals surface area contributed by atoms with Crippen molar-refractivity contribution in [3.8, 4) is 23.0 Å². The number of hydrogen-bond acceptors (Lipinski definition) is 6. The average molecular weight is 392 g/mol. The molecule has 0 spiro atoms. The molecule has 9 nitrogen and oxygen atoms in total. The predicted octanol–water partition coefficient (Wildman–Crippen LogP) is 2.56. The molecule has 0 aliphatic heterocycles. The standard InChI is InChI=1S/C20H20N6O3/c1-2-29-14-5-6-15(22-9-14)16-24-25-17(26(16)13-4-3-7-21-8-13)19-10-20(11-19,12-19)23-18(27)28/h3-9,23H,2,10-12H2,1H3,(H,27,28). The molecule has 0 radical (unpaired) electrons. The molecule has 3 aromatic heterocycles. The molecule has 1 amide bonds. The molecule has 3 fully saturated rings. The van der Waals surface area contributed by atoms with E-state index >= 15 is 0 Å². The Labute approximate surface area is 166 Å². The van der Waals surface area contributed by atoms with Gasteiger partial charge in [-0.25, -0.2) is 9.78 Å². The van der Waals surface area contributed by atoms with Gasteiger partial charge in [0.15, 0.2) is 5.82 Å². The fourth-order valence-corrected chi connectivity index (χ4v) is 4.67. The van der Waals surface area contributed by atoms with Gasteiger partial charge in [0.1, 0.15) is 17.3 Å². The minimum Gasteiger partial charge on any atom is -0.492 e. The highest BCUT2D eigenvalue weighted by Gasteiger charge is 2.71. The highest BCUT2D eigenvalue weighted by Crippen LogP contribution is 2.67. The first-order chi connectivity index (χ1) is 14.0. The summed E-state index contributed by atoms with van der Waals surface area (Å²) in [6.45, 7) is 2.50. The van der Waals surface area contributed by atoms with Crippen LogP contribution in [0.1, 0.15) is 32.0 Å². The second kappa shape index (κ2) is 6.26. The van der Waals surface area contributed by atoms with Crippen molar-refractivity contribution in [1.29, 1.82) is 0 Å². The van der Waals surface area contributed by atoms with Gasteiger partial charge >= 0.3 is 6.09 Å². The lowest BCUT2D eigenvalue weighted by molar-refractivity contribution is -0.0887. The van der Waals surface area contributed by atoms with E-state index in [-0.39, 0.29) is 11.0 Å². The fourth-order valence-electron chi connectivity index (χ4n) is 4.67. The summed E-state index contributed by atoms with van der Waals surface area (Å²) in [6, 6.07) is 7.54. The molecule has 29 heavy (non-hydrogen) atoms. The van der Waals surface area contributed by atoms with Crippen molar-refractivity contribution >= 4 is 6.09 Å². The molecule has 2 N–H and O–H groups in total. The minimum atomic E-state index is -0.980. The number of nitrogens with one attached hydrogen (secondary N) is 1. The van der Waals surface area contributed by atoms with Crippen molar-refractivity contribution in [3.05, 3.63) is 48.7 Å². The zero-order chi connectivity index (χ0) is 20.1. The lowest BCUT2D eigenvalue weighted by Gasteiger charge is -2.69. The molecular weight excluding hydrogens is 372 g/mol. The lowest BCUT2D eigenvalue weighted by Crippen LogP contribution is -2.77. The first-order valence-electron chi connectivity index (χ1n) is 9.51. The first kappa shape index (κ1) is 17.6. The molecule has 9 heteroatoms.